The highest BCUT2D eigenvalue weighted by Gasteiger charge is 2.28. The molecule has 11 nitrogen and oxygen atoms in total. The molecule has 0 spiro atoms. The first-order valence-electron chi connectivity index (χ1n) is 13.9. The van der Waals surface area contributed by atoms with E-state index < -0.39 is 12.7 Å². The molecule has 0 radical (unpaired) electrons. The van der Waals surface area contributed by atoms with Gasteiger partial charge in [-0.2, -0.15) is 8.78 Å². The van der Waals surface area contributed by atoms with Crippen molar-refractivity contribution in [3.8, 4) is 17.0 Å². The average Bonchev–Trinajstić information content (AvgIpc) is 3.45. The van der Waals surface area contributed by atoms with Gasteiger partial charge in [-0.05, 0) is 67.8 Å². The van der Waals surface area contributed by atoms with Crippen molar-refractivity contribution >= 4 is 29.0 Å². The van der Waals surface area contributed by atoms with Crippen molar-refractivity contribution in [3.05, 3.63) is 72.2 Å². The average molecular weight is 594 g/mol. The number of hydrogen-bond acceptors (Lipinski definition) is 8. The predicted molar refractivity (Wildman–Crippen MR) is 156 cm³/mol. The monoisotopic (exact) mass is 593 g/mol. The number of benzene rings is 2. The minimum Gasteiger partial charge on any atom is -0.435 e. The van der Waals surface area contributed by atoms with Gasteiger partial charge in [0, 0.05) is 61.3 Å². The summed E-state index contributed by atoms with van der Waals surface area (Å²) in [7, 11) is 0. The van der Waals surface area contributed by atoms with Gasteiger partial charge in [0.05, 0.1) is 18.0 Å². The summed E-state index contributed by atoms with van der Waals surface area (Å²) in [6, 6.07) is 11.8. The second kappa shape index (κ2) is 13.1. The number of aromatic nitrogens is 3. The second-order valence-electron chi connectivity index (χ2n) is 10.4. The molecule has 0 unspecified atom stereocenters. The van der Waals surface area contributed by atoms with Crippen molar-refractivity contribution in [2.24, 2.45) is 11.7 Å². The molecule has 1 aliphatic rings. The van der Waals surface area contributed by atoms with E-state index in [1.54, 1.807) is 47.8 Å². The van der Waals surface area contributed by atoms with E-state index in [-0.39, 0.29) is 36.6 Å². The van der Waals surface area contributed by atoms with Crippen LogP contribution in [-0.2, 0) is 4.79 Å². The van der Waals surface area contributed by atoms with Gasteiger partial charge in [-0.25, -0.2) is 9.97 Å². The fourth-order valence-electron chi connectivity index (χ4n) is 5.11. The van der Waals surface area contributed by atoms with Crippen LogP contribution in [0.25, 0.3) is 16.9 Å². The van der Waals surface area contributed by atoms with Crippen LogP contribution in [0.5, 0.6) is 5.75 Å². The Morgan fingerprint density at radius 1 is 1.14 bits per heavy atom. The topological polar surface area (TPSA) is 147 Å². The van der Waals surface area contributed by atoms with E-state index in [9.17, 15) is 23.5 Å². The Labute approximate surface area is 246 Å². The first kappa shape index (κ1) is 29.9. The number of halogens is 2. The van der Waals surface area contributed by atoms with Gasteiger partial charge in [-0.1, -0.05) is 0 Å². The number of nitrogens with zero attached hydrogens (tertiary/aromatic N) is 4. The number of alkyl halides is 2. The number of anilines is 2. The van der Waals surface area contributed by atoms with E-state index in [1.807, 2.05) is 17.4 Å². The minimum atomic E-state index is -2.89. The standard InChI is InChI=1S/C30H33F2N7O4/c1-18-14-21(4-7-24(18)29(42)38-11-8-20(9-12-38)28(41)36-16-22(40)15-33)37-26-27-35-17-25(39(27)13-10-34-26)19-2-5-23(6-3-19)43-30(31)32/h2-7,10,13-14,17,20,22,30,40H,8-9,11-12,15-16,33H2,1H3,(H,34,37)(H,36,41)/t22-/m1/s1. The van der Waals surface area contributed by atoms with Crippen LogP contribution in [0.2, 0.25) is 0 Å². The fourth-order valence-corrected chi connectivity index (χ4v) is 5.11. The number of imidazole rings is 1. The summed E-state index contributed by atoms with van der Waals surface area (Å²) in [5.41, 5.74) is 9.54. The highest BCUT2D eigenvalue weighted by Crippen LogP contribution is 2.28. The Bertz CT molecular complexity index is 1590. The fraction of sp³-hybridized carbons (Fsp3) is 0.333. The van der Waals surface area contributed by atoms with Crippen molar-refractivity contribution < 1.29 is 28.2 Å². The zero-order valence-electron chi connectivity index (χ0n) is 23.5. The van der Waals surface area contributed by atoms with E-state index in [2.05, 4.69) is 25.3 Å². The lowest BCUT2D eigenvalue weighted by Gasteiger charge is -2.32. The third-order valence-corrected chi connectivity index (χ3v) is 7.46. The number of nitrogens with two attached hydrogens (primary N) is 1. The molecule has 43 heavy (non-hydrogen) atoms. The van der Waals surface area contributed by atoms with Crippen LogP contribution in [0.1, 0.15) is 28.8 Å². The van der Waals surface area contributed by atoms with Gasteiger partial charge in [-0.3, -0.25) is 14.0 Å². The molecular formula is C30H33F2N7O4. The number of likely N-dealkylation sites (tertiary alicyclic amines) is 1. The maximum absolute atomic E-state index is 13.3. The number of aliphatic hydroxyl groups excluding tert-OH is 1. The quantitative estimate of drug-likeness (QED) is 0.219. The second-order valence-corrected chi connectivity index (χ2v) is 10.4. The summed E-state index contributed by atoms with van der Waals surface area (Å²) in [6.07, 6.45) is 5.39. The van der Waals surface area contributed by atoms with E-state index in [0.717, 1.165) is 22.5 Å². The molecule has 0 bridgehead atoms. The van der Waals surface area contributed by atoms with Gasteiger partial charge >= 0.3 is 6.61 Å². The number of amides is 2. The number of aryl methyl sites for hydroxylation is 1. The van der Waals surface area contributed by atoms with Crippen molar-refractivity contribution in [2.75, 3.05) is 31.5 Å². The van der Waals surface area contributed by atoms with Crippen LogP contribution >= 0.6 is 0 Å². The first-order valence-corrected chi connectivity index (χ1v) is 13.9. The molecule has 5 rings (SSSR count). The summed E-state index contributed by atoms with van der Waals surface area (Å²) >= 11 is 0. The molecule has 2 aromatic heterocycles. The minimum absolute atomic E-state index is 0.0707. The molecule has 1 saturated heterocycles. The lowest BCUT2D eigenvalue weighted by Crippen LogP contribution is -2.45. The molecule has 1 aliphatic heterocycles. The van der Waals surface area contributed by atoms with Crippen LogP contribution in [0, 0.1) is 12.8 Å². The molecule has 2 amide bonds. The maximum Gasteiger partial charge on any atom is 0.387 e. The predicted octanol–water partition coefficient (Wildman–Crippen LogP) is 3.34. The number of hydrogen-bond donors (Lipinski definition) is 4. The first-order chi connectivity index (χ1) is 20.7. The molecule has 4 aromatic rings. The van der Waals surface area contributed by atoms with Crippen molar-refractivity contribution in [3.63, 3.8) is 0 Å². The number of ether oxygens (including phenoxy) is 1. The lowest BCUT2D eigenvalue weighted by atomic mass is 9.95. The lowest BCUT2D eigenvalue weighted by molar-refractivity contribution is -0.126. The van der Waals surface area contributed by atoms with Crippen LogP contribution in [0.4, 0.5) is 20.3 Å². The van der Waals surface area contributed by atoms with Gasteiger partial charge in [0.2, 0.25) is 5.91 Å². The van der Waals surface area contributed by atoms with Gasteiger partial charge in [0.15, 0.2) is 11.5 Å². The molecule has 1 atom stereocenters. The van der Waals surface area contributed by atoms with Crippen molar-refractivity contribution in [1.82, 2.24) is 24.6 Å². The SMILES string of the molecule is Cc1cc(Nc2nccn3c(-c4ccc(OC(F)F)cc4)cnc23)ccc1C(=O)N1CCC(C(=O)NC[C@H](O)CN)CC1. The van der Waals surface area contributed by atoms with Gasteiger partial charge in [0.25, 0.3) is 5.91 Å². The third kappa shape index (κ3) is 6.89. The number of piperidine rings is 1. The highest BCUT2D eigenvalue weighted by atomic mass is 19.3. The Balaban J connectivity index is 1.24. The largest absolute Gasteiger partial charge is 0.435 e. The van der Waals surface area contributed by atoms with Crippen molar-refractivity contribution in [1.29, 1.82) is 0 Å². The van der Waals surface area contributed by atoms with Gasteiger partial charge in [0.1, 0.15) is 5.75 Å². The van der Waals surface area contributed by atoms with Gasteiger partial charge in [-0.15, -0.1) is 0 Å². The molecular weight excluding hydrogens is 560 g/mol. The zero-order valence-corrected chi connectivity index (χ0v) is 23.5. The van der Waals surface area contributed by atoms with Crippen LogP contribution in [-0.4, -0.2) is 75.1 Å². The number of carbonyl (C=O) groups excluding carboxylic acids is 2. The smallest absolute Gasteiger partial charge is 0.387 e. The Hall–Kier alpha value is -4.62. The van der Waals surface area contributed by atoms with Crippen LogP contribution in [0.3, 0.4) is 0 Å². The summed E-state index contributed by atoms with van der Waals surface area (Å²) < 4.78 is 31.3. The van der Waals surface area contributed by atoms with Gasteiger partial charge < -0.3 is 31.1 Å². The number of fused-ring (bicyclic) bond motifs is 1. The number of aliphatic hydroxyl groups is 1. The Morgan fingerprint density at radius 3 is 2.56 bits per heavy atom. The van der Waals surface area contributed by atoms with E-state index in [1.165, 1.54) is 12.1 Å². The normalized spacial score (nSPS) is 14.6. The summed E-state index contributed by atoms with van der Waals surface area (Å²) in [5, 5.41) is 15.6. The molecule has 0 saturated carbocycles. The summed E-state index contributed by atoms with van der Waals surface area (Å²) in [5.74, 6) is 0.144. The summed E-state index contributed by atoms with van der Waals surface area (Å²) in [4.78, 5) is 36.4. The molecule has 0 aliphatic carbocycles. The van der Waals surface area contributed by atoms with E-state index in [4.69, 9.17) is 5.73 Å². The molecule has 226 valence electrons. The highest BCUT2D eigenvalue weighted by molar-refractivity contribution is 5.96. The molecule has 2 aromatic carbocycles. The Kier molecular flexibility index (Phi) is 9.12. The van der Waals surface area contributed by atoms with Crippen LogP contribution in [0.15, 0.2) is 61.1 Å². The molecule has 13 heteroatoms. The molecule has 1 fully saturated rings. The molecule has 3 heterocycles. The zero-order chi connectivity index (χ0) is 30.5. The third-order valence-electron chi connectivity index (χ3n) is 7.46. The molecule has 5 N–H and O–H groups in total. The number of carbonyl (C=O) groups is 2. The number of nitrogens with one attached hydrogen (secondary N) is 2. The summed E-state index contributed by atoms with van der Waals surface area (Å²) in [6.45, 7) is 0.105. The van der Waals surface area contributed by atoms with E-state index in [0.29, 0.717) is 43.0 Å². The van der Waals surface area contributed by atoms with Crippen molar-refractivity contribution in [2.45, 2.75) is 32.5 Å². The number of rotatable bonds is 10. The van der Waals surface area contributed by atoms with Crippen LogP contribution < -0.4 is 21.1 Å². The van der Waals surface area contributed by atoms with E-state index >= 15 is 0 Å². The Morgan fingerprint density at radius 2 is 1.88 bits per heavy atom. The maximum atomic E-state index is 13.3.